The van der Waals surface area contributed by atoms with E-state index in [0.29, 0.717) is 0 Å². The summed E-state index contributed by atoms with van der Waals surface area (Å²) in [6, 6.07) is 0. The second-order valence-electron chi connectivity index (χ2n) is 0. The van der Waals surface area contributed by atoms with Gasteiger partial charge < -0.3 is 0 Å². The summed E-state index contributed by atoms with van der Waals surface area (Å²) >= 11 is 0. The molecule has 4 valence electrons. The summed E-state index contributed by atoms with van der Waals surface area (Å²) in [7, 11) is 0. The topological polar surface area (TPSA) is 0 Å². The summed E-state index contributed by atoms with van der Waals surface area (Å²) in [5.74, 6) is 0. The van der Waals surface area contributed by atoms with Gasteiger partial charge in [-0.05, 0) is 0 Å². The molecule has 0 aliphatic carbocycles. The van der Waals surface area contributed by atoms with Crippen LogP contribution < -0.4 is 0 Å². The fourth-order valence-corrected chi connectivity index (χ4v) is 0. The van der Waals surface area contributed by atoms with E-state index in [4.69, 9.17) is 0 Å². The van der Waals surface area contributed by atoms with Crippen molar-refractivity contribution in [3.63, 3.8) is 0 Å². The number of hydrogen-bond donors (Lipinski definition) is 0. The van der Waals surface area contributed by atoms with Crippen molar-refractivity contribution >= 4 is 184 Å². The van der Waals surface area contributed by atoms with Crippen LogP contribution in [0.25, 0.3) is 0 Å². The third-order valence-electron chi connectivity index (χ3n) is 0. The molecular formula is K3Na. The maximum Gasteiger partial charge on any atom is 0 e. The molecule has 0 aromatic rings. The van der Waals surface area contributed by atoms with Gasteiger partial charge in [0.05, 0.1) is 0 Å². The van der Waals surface area contributed by atoms with Crippen molar-refractivity contribution in [1.82, 2.24) is 0 Å². The van der Waals surface area contributed by atoms with Crippen LogP contribution in [-0.2, 0) is 0 Å². The Labute approximate surface area is 177 Å². The van der Waals surface area contributed by atoms with Crippen molar-refractivity contribution in [3.05, 3.63) is 0 Å². The first-order valence-electron chi connectivity index (χ1n) is 0. The summed E-state index contributed by atoms with van der Waals surface area (Å²) in [5.41, 5.74) is 0. The van der Waals surface area contributed by atoms with Gasteiger partial charge in [-0.25, -0.2) is 0 Å². The second-order valence-corrected chi connectivity index (χ2v) is 0. The van der Waals surface area contributed by atoms with Crippen LogP contribution >= 0.6 is 0 Å². The quantitative estimate of drug-likeness (QED) is 0.358. The number of rotatable bonds is 0. The van der Waals surface area contributed by atoms with Gasteiger partial charge in [0.25, 0.3) is 0 Å². The maximum atomic E-state index is 0. The molecule has 0 rings (SSSR count). The molecule has 0 N–H and O–H groups in total. The maximum absolute atomic E-state index is 0. The van der Waals surface area contributed by atoms with Gasteiger partial charge in [0, 0.05) is 184 Å². The van der Waals surface area contributed by atoms with E-state index in [0.717, 1.165) is 0 Å². The normalized spacial score (nSPS) is 0. The van der Waals surface area contributed by atoms with E-state index in [-0.39, 0.29) is 184 Å². The summed E-state index contributed by atoms with van der Waals surface area (Å²) in [4.78, 5) is 0. The van der Waals surface area contributed by atoms with Gasteiger partial charge in [0.2, 0.25) is 0 Å². The standard InChI is InChI=1S/3K.Na. The summed E-state index contributed by atoms with van der Waals surface area (Å²) in [5, 5.41) is 0. The third kappa shape index (κ3) is 10.8. The smallest absolute Gasteiger partial charge is 0 e. The molecule has 0 nitrogen and oxygen atoms in total. The molecule has 4 radical (unpaired) electrons. The van der Waals surface area contributed by atoms with Crippen LogP contribution in [0.3, 0.4) is 0 Å². The Bertz CT molecular complexity index is 3.25. The average Bonchev–Trinajstić information content (AvgIpc) is 0. The monoisotopic (exact) mass is 140 g/mol. The Morgan fingerprint density at radius 2 is 0.500 bits per heavy atom. The van der Waals surface area contributed by atoms with E-state index < -0.39 is 0 Å². The minimum Gasteiger partial charge on any atom is 0 e. The van der Waals surface area contributed by atoms with Crippen LogP contribution in [0.2, 0.25) is 0 Å². The van der Waals surface area contributed by atoms with Crippen LogP contribution in [0.15, 0.2) is 0 Å². The van der Waals surface area contributed by atoms with Crippen molar-refractivity contribution < 1.29 is 0 Å². The van der Waals surface area contributed by atoms with Crippen LogP contribution in [0, 0.1) is 0 Å². The van der Waals surface area contributed by atoms with Gasteiger partial charge in [-0.3, -0.25) is 0 Å². The fourth-order valence-electron chi connectivity index (χ4n) is 0. The van der Waals surface area contributed by atoms with Crippen LogP contribution in [0.1, 0.15) is 0 Å². The molecule has 0 spiro atoms. The zero-order chi connectivity index (χ0) is 0. The van der Waals surface area contributed by atoms with Crippen molar-refractivity contribution in [2.24, 2.45) is 0 Å². The van der Waals surface area contributed by atoms with Crippen LogP contribution in [-0.4, -0.2) is 184 Å². The zero-order valence-corrected chi connectivity index (χ0v) is 15.4. The molecule has 0 heterocycles. The van der Waals surface area contributed by atoms with E-state index in [1.165, 1.54) is 0 Å². The van der Waals surface area contributed by atoms with Crippen LogP contribution in [0.5, 0.6) is 0 Å². The van der Waals surface area contributed by atoms with E-state index in [2.05, 4.69) is 0 Å². The molecule has 4 heteroatoms. The van der Waals surface area contributed by atoms with E-state index >= 15 is 0 Å². The van der Waals surface area contributed by atoms with Gasteiger partial charge in [-0.1, -0.05) is 0 Å². The molecule has 0 aliphatic heterocycles. The Kier molecular flexibility index (Phi) is 89.9. The van der Waals surface area contributed by atoms with Gasteiger partial charge in [-0.2, -0.15) is 0 Å². The fraction of sp³-hybridized carbons (Fsp3) is 0. The van der Waals surface area contributed by atoms with Crippen molar-refractivity contribution in [2.75, 3.05) is 0 Å². The number of hydrogen-bond acceptors (Lipinski definition) is 0. The van der Waals surface area contributed by atoms with Gasteiger partial charge >= 0.3 is 0 Å². The Morgan fingerprint density at radius 3 is 0.500 bits per heavy atom. The molecule has 0 bridgehead atoms. The first-order chi connectivity index (χ1) is 0. The minimum absolute atomic E-state index is 0. The molecule has 0 aromatic heterocycles. The van der Waals surface area contributed by atoms with E-state index in [1.807, 2.05) is 0 Å². The largest absolute Gasteiger partial charge is 0 e. The molecule has 0 aliphatic rings. The van der Waals surface area contributed by atoms with Crippen LogP contribution in [0.4, 0.5) is 0 Å². The minimum atomic E-state index is 0. The average molecular weight is 140 g/mol. The third-order valence-corrected chi connectivity index (χ3v) is 0. The van der Waals surface area contributed by atoms with E-state index in [9.17, 15) is 0 Å². The molecular weight excluding hydrogens is 140 g/mol. The van der Waals surface area contributed by atoms with Crippen molar-refractivity contribution in [2.45, 2.75) is 0 Å². The zero-order valence-electron chi connectivity index (χ0n) is 4.00. The van der Waals surface area contributed by atoms with Crippen molar-refractivity contribution in [1.29, 1.82) is 0 Å². The summed E-state index contributed by atoms with van der Waals surface area (Å²) < 4.78 is 0. The van der Waals surface area contributed by atoms with Crippen molar-refractivity contribution in [3.8, 4) is 0 Å². The molecule has 0 amide bonds. The predicted molar refractivity (Wildman–Crippen MR) is 23.0 cm³/mol. The Hall–Kier alpha value is 5.91. The molecule has 0 aromatic carbocycles. The molecule has 0 unspecified atom stereocenters. The predicted octanol–water partition coefficient (Wildman–Crippen LogP) is -1.52. The summed E-state index contributed by atoms with van der Waals surface area (Å²) in [6.07, 6.45) is 0. The second kappa shape index (κ2) is 16.0. The molecule has 0 fully saturated rings. The van der Waals surface area contributed by atoms with Gasteiger partial charge in [-0.15, -0.1) is 0 Å². The van der Waals surface area contributed by atoms with Gasteiger partial charge in [0.15, 0.2) is 0 Å². The molecule has 0 atom stereocenters. The first-order valence-corrected chi connectivity index (χ1v) is 0. The molecule has 0 saturated heterocycles. The Morgan fingerprint density at radius 1 is 0.500 bits per heavy atom. The SMILES string of the molecule is [K].[K].[K].[Na]. The Balaban J connectivity index is 0. The summed E-state index contributed by atoms with van der Waals surface area (Å²) in [6.45, 7) is 0. The first kappa shape index (κ1) is 22.5. The van der Waals surface area contributed by atoms with Gasteiger partial charge in [0.1, 0.15) is 0 Å². The molecule has 4 heavy (non-hydrogen) atoms. The molecule has 0 saturated carbocycles. The van der Waals surface area contributed by atoms with E-state index in [1.54, 1.807) is 0 Å².